The van der Waals surface area contributed by atoms with Crippen molar-refractivity contribution in [1.82, 2.24) is 14.3 Å². The summed E-state index contributed by atoms with van der Waals surface area (Å²) in [6.07, 6.45) is 9.71. The van der Waals surface area contributed by atoms with Crippen LogP contribution in [0.15, 0.2) is 4.79 Å². The topological polar surface area (TPSA) is 63.6 Å². The van der Waals surface area contributed by atoms with Gasteiger partial charge in [-0.3, -0.25) is 4.57 Å². The van der Waals surface area contributed by atoms with Crippen LogP contribution in [0.25, 0.3) is 0 Å². The van der Waals surface area contributed by atoms with Gasteiger partial charge in [0.15, 0.2) is 0 Å². The van der Waals surface area contributed by atoms with Crippen molar-refractivity contribution in [2.45, 2.75) is 69.4 Å². The molecule has 6 rings (SSSR count). The third-order valence-corrected chi connectivity index (χ3v) is 6.51. The molecule has 5 heteroatoms. The maximum absolute atomic E-state index is 12.9. The SMILES string of the molecule is N#CC12CC(n3nc4n(c3=O)C(C3CCCC3)CC4)(C1)C2. The molecule has 0 N–H and O–H groups in total. The largest absolute Gasteiger partial charge is 0.346 e. The molecular weight excluding hydrogens is 264 g/mol. The minimum absolute atomic E-state index is 0.102. The molecule has 2 bridgehead atoms. The lowest BCUT2D eigenvalue weighted by Gasteiger charge is -2.65. The highest BCUT2D eigenvalue weighted by Gasteiger charge is 2.71. The normalized spacial score (nSPS) is 40.4. The minimum Gasteiger partial charge on any atom is -0.275 e. The molecule has 0 amide bonds. The van der Waals surface area contributed by atoms with Crippen LogP contribution in [0, 0.1) is 22.7 Å². The molecule has 1 aromatic heterocycles. The maximum atomic E-state index is 12.9. The lowest BCUT2D eigenvalue weighted by atomic mass is 9.40. The van der Waals surface area contributed by atoms with Crippen LogP contribution < -0.4 is 5.69 Å². The lowest BCUT2D eigenvalue weighted by Crippen LogP contribution is -2.69. The number of hydrogen-bond acceptors (Lipinski definition) is 3. The fourth-order valence-electron chi connectivity index (χ4n) is 5.50. The summed E-state index contributed by atoms with van der Waals surface area (Å²) in [5.41, 5.74) is -0.131. The third kappa shape index (κ3) is 1.32. The first-order valence-electron chi connectivity index (χ1n) is 8.29. The molecule has 4 aliphatic carbocycles. The lowest BCUT2D eigenvalue weighted by molar-refractivity contribution is -0.155. The minimum atomic E-state index is -0.127. The third-order valence-electron chi connectivity index (χ3n) is 6.51. The summed E-state index contributed by atoms with van der Waals surface area (Å²) < 4.78 is 3.76. The quantitative estimate of drug-likeness (QED) is 0.835. The van der Waals surface area contributed by atoms with Crippen molar-refractivity contribution < 1.29 is 0 Å². The second kappa shape index (κ2) is 3.60. The Morgan fingerprint density at radius 2 is 1.90 bits per heavy atom. The molecule has 1 atom stereocenters. The van der Waals surface area contributed by atoms with Gasteiger partial charge in [-0.25, -0.2) is 9.48 Å². The van der Waals surface area contributed by atoms with Gasteiger partial charge >= 0.3 is 5.69 Å². The summed E-state index contributed by atoms with van der Waals surface area (Å²) in [5, 5.41) is 13.8. The Hall–Kier alpha value is -1.57. The zero-order valence-corrected chi connectivity index (χ0v) is 12.2. The van der Waals surface area contributed by atoms with Gasteiger partial charge in [-0.1, -0.05) is 12.8 Å². The van der Waals surface area contributed by atoms with Gasteiger partial charge in [0.2, 0.25) is 0 Å². The van der Waals surface area contributed by atoms with Crippen LogP contribution >= 0.6 is 0 Å². The van der Waals surface area contributed by atoms with Crippen LogP contribution in [0.5, 0.6) is 0 Å². The molecule has 5 aliphatic rings. The Morgan fingerprint density at radius 3 is 2.57 bits per heavy atom. The first-order valence-corrected chi connectivity index (χ1v) is 8.29. The van der Waals surface area contributed by atoms with E-state index < -0.39 is 0 Å². The summed E-state index contributed by atoms with van der Waals surface area (Å²) in [5.74, 6) is 1.67. The fourth-order valence-corrected chi connectivity index (χ4v) is 5.50. The number of nitriles is 1. The second-order valence-corrected chi connectivity index (χ2v) is 7.78. The van der Waals surface area contributed by atoms with E-state index in [4.69, 9.17) is 5.26 Å². The van der Waals surface area contributed by atoms with Crippen molar-refractivity contribution in [3.8, 4) is 6.07 Å². The Kier molecular flexibility index (Phi) is 2.06. The number of rotatable bonds is 2. The monoisotopic (exact) mass is 284 g/mol. The van der Waals surface area contributed by atoms with Gasteiger partial charge in [0.1, 0.15) is 5.82 Å². The average Bonchev–Trinajstić information content (AvgIpc) is 3.06. The number of hydrogen-bond donors (Lipinski definition) is 0. The van der Waals surface area contributed by atoms with Gasteiger partial charge < -0.3 is 0 Å². The van der Waals surface area contributed by atoms with Gasteiger partial charge in [0, 0.05) is 12.5 Å². The Balaban J connectivity index is 1.51. The van der Waals surface area contributed by atoms with Crippen molar-refractivity contribution in [3.05, 3.63) is 16.3 Å². The molecule has 21 heavy (non-hydrogen) atoms. The summed E-state index contributed by atoms with van der Waals surface area (Å²) in [6, 6.07) is 2.80. The number of fused-ring (bicyclic) bond motifs is 1. The predicted molar refractivity (Wildman–Crippen MR) is 75.7 cm³/mol. The van der Waals surface area contributed by atoms with E-state index in [2.05, 4.69) is 11.2 Å². The highest BCUT2D eigenvalue weighted by molar-refractivity contribution is 5.28. The summed E-state index contributed by atoms with van der Waals surface area (Å²) in [6.45, 7) is 0. The van der Waals surface area contributed by atoms with E-state index in [0.717, 1.165) is 37.9 Å². The van der Waals surface area contributed by atoms with Crippen LogP contribution in [-0.4, -0.2) is 14.3 Å². The van der Waals surface area contributed by atoms with E-state index in [1.54, 1.807) is 4.68 Å². The molecule has 1 aliphatic heterocycles. The highest BCUT2D eigenvalue weighted by Crippen LogP contribution is 2.70. The number of aromatic nitrogens is 3. The van der Waals surface area contributed by atoms with Crippen LogP contribution in [0.1, 0.15) is 63.2 Å². The van der Waals surface area contributed by atoms with Crippen molar-refractivity contribution in [3.63, 3.8) is 0 Å². The molecule has 4 fully saturated rings. The van der Waals surface area contributed by atoms with Gasteiger partial charge in [0.05, 0.1) is 17.0 Å². The first-order chi connectivity index (χ1) is 10.2. The maximum Gasteiger partial charge on any atom is 0.346 e. The fraction of sp³-hybridized carbons (Fsp3) is 0.812. The first kappa shape index (κ1) is 12.0. The van der Waals surface area contributed by atoms with Crippen LogP contribution in [0.3, 0.4) is 0 Å². The standard InChI is InChI=1S/C16H20N4O/c17-10-15-7-16(8-15,9-15)20-14(21)19-12(5-6-13(19)18-20)11-3-1-2-4-11/h11-12H,1-9H2. The molecule has 110 valence electrons. The van der Waals surface area contributed by atoms with E-state index in [1.165, 1.54) is 25.7 Å². The molecular formula is C16H20N4O. The molecule has 1 aromatic rings. The van der Waals surface area contributed by atoms with E-state index in [-0.39, 0.29) is 16.6 Å². The number of aryl methyl sites for hydroxylation is 1. The van der Waals surface area contributed by atoms with E-state index in [1.807, 2.05) is 4.57 Å². The summed E-state index contributed by atoms with van der Waals surface area (Å²) in [4.78, 5) is 12.9. The van der Waals surface area contributed by atoms with Gasteiger partial charge in [-0.2, -0.15) is 10.4 Å². The molecule has 5 nitrogen and oxygen atoms in total. The van der Waals surface area contributed by atoms with Crippen molar-refractivity contribution >= 4 is 0 Å². The second-order valence-electron chi connectivity index (χ2n) is 7.78. The Morgan fingerprint density at radius 1 is 1.19 bits per heavy atom. The molecule has 4 saturated carbocycles. The Labute approximate surface area is 123 Å². The molecule has 0 saturated heterocycles. The van der Waals surface area contributed by atoms with Crippen LogP contribution in [0.2, 0.25) is 0 Å². The zero-order chi connectivity index (χ0) is 14.2. The van der Waals surface area contributed by atoms with Crippen molar-refractivity contribution in [1.29, 1.82) is 5.26 Å². The van der Waals surface area contributed by atoms with Crippen LogP contribution in [-0.2, 0) is 12.0 Å². The van der Waals surface area contributed by atoms with E-state index in [0.29, 0.717) is 12.0 Å². The van der Waals surface area contributed by atoms with Gasteiger partial charge in [-0.05, 0) is 44.4 Å². The van der Waals surface area contributed by atoms with E-state index >= 15 is 0 Å². The van der Waals surface area contributed by atoms with Crippen molar-refractivity contribution in [2.24, 2.45) is 11.3 Å². The zero-order valence-electron chi connectivity index (χ0n) is 12.2. The molecule has 0 aromatic carbocycles. The predicted octanol–water partition coefficient (Wildman–Crippen LogP) is 2.13. The van der Waals surface area contributed by atoms with Gasteiger partial charge in [-0.15, -0.1) is 0 Å². The van der Waals surface area contributed by atoms with Crippen LogP contribution in [0.4, 0.5) is 0 Å². The molecule has 2 heterocycles. The Bertz CT molecular complexity index is 696. The van der Waals surface area contributed by atoms with Gasteiger partial charge in [0.25, 0.3) is 0 Å². The summed E-state index contributed by atoms with van der Waals surface area (Å²) >= 11 is 0. The molecule has 1 unspecified atom stereocenters. The summed E-state index contributed by atoms with van der Waals surface area (Å²) in [7, 11) is 0. The smallest absolute Gasteiger partial charge is 0.275 e. The molecule has 0 spiro atoms. The number of nitrogens with zero attached hydrogens (tertiary/aromatic N) is 4. The highest BCUT2D eigenvalue weighted by atomic mass is 16.2. The van der Waals surface area contributed by atoms with E-state index in [9.17, 15) is 4.79 Å². The molecule has 0 radical (unpaired) electrons. The average molecular weight is 284 g/mol. The van der Waals surface area contributed by atoms with Crippen molar-refractivity contribution in [2.75, 3.05) is 0 Å².